The second-order valence-electron chi connectivity index (χ2n) is 4.94. The summed E-state index contributed by atoms with van der Waals surface area (Å²) in [5, 5.41) is 0. The summed E-state index contributed by atoms with van der Waals surface area (Å²) in [6.45, 7) is 4.40. The number of methoxy groups -OCH3 is 1. The third kappa shape index (κ3) is 3.00. The van der Waals surface area contributed by atoms with Crippen molar-refractivity contribution in [2.45, 2.75) is 32.4 Å². The summed E-state index contributed by atoms with van der Waals surface area (Å²) in [7, 11) is 1.74. The molecule has 1 aliphatic carbocycles. The molecule has 4 nitrogen and oxygen atoms in total. The normalized spacial score (nSPS) is 16.6. The molecule has 0 bridgehead atoms. The molecule has 0 radical (unpaired) electrons. The van der Waals surface area contributed by atoms with Crippen LogP contribution in [0, 0.1) is 5.92 Å². The van der Waals surface area contributed by atoms with Crippen molar-refractivity contribution in [3.05, 3.63) is 24.0 Å². The number of pyridine rings is 1. The number of hydrogen-bond acceptors (Lipinski definition) is 4. The van der Waals surface area contributed by atoms with Crippen LogP contribution in [0.5, 0.6) is 0 Å². The second kappa shape index (κ2) is 6.16. The summed E-state index contributed by atoms with van der Waals surface area (Å²) >= 11 is 0. The Balaban J connectivity index is 2.20. The van der Waals surface area contributed by atoms with E-state index in [1.165, 1.54) is 12.8 Å². The monoisotopic (exact) mass is 249 g/mol. The Morgan fingerprint density at radius 2 is 2.33 bits per heavy atom. The lowest BCUT2D eigenvalue weighted by molar-refractivity contribution is 0.202. The predicted molar refractivity (Wildman–Crippen MR) is 73.5 cm³/mol. The fourth-order valence-electron chi connectivity index (χ4n) is 2.41. The highest BCUT2D eigenvalue weighted by Crippen LogP contribution is 2.37. The van der Waals surface area contributed by atoms with Gasteiger partial charge >= 0.3 is 0 Å². The maximum Gasteiger partial charge on any atom is 0.0772 e. The molecule has 0 amide bonds. The molecule has 2 N–H and O–H groups in total. The second-order valence-corrected chi connectivity index (χ2v) is 4.94. The van der Waals surface area contributed by atoms with Crippen molar-refractivity contribution in [1.82, 2.24) is 4.98 Å². The van der Waals surface area contributed by atoms with Crippen molar-refractivity contribution >= 4 is 5.69 Å². The first kappa shape index (κ1) is 13.3. The number of ether oxygens (including phenoxy) is 1. The Kier molecular flexibility index (Phi) is 4.55. The van der Waals surface area contributed by atoms with E-state index in [1.54, 1.807) is 7.11 Å². The average Bonchev–Trinajstić information content (AvgIpc) is 3.23. The van der Waals surface area contributed by atoms with Gasteiger partial charge in [-0.1, -0.05) is 0 Å². The zero-order valence-corrected chi connectivity index (χ0v) is 11.3. The van der Waals surface area contributed by atoms with Gasteiger partial charge in [0.05, 0.1) is 18.0 Å². The van der Waals surface area contributed by atoms with Crippen molar-refractivity contribution in [2.75, 3.05) is 25.2 Å². The van der Waals surface area contributed by atoms with E-state index >= 15 is 0 Å². The van der Waals surface area contributed by atoms with Gasteiger partial charge in [-0.2, -0.15) is 0 Å². The molecule has 1 unspecified atom stereocenters. The zero-order valence-electron chi connectivity index (χ0n) is 11.3. The van der Waals surface area contributed by atoms with Gasteiger partial charge in [-0.05, 0) is 37.8 Å². The van der Waals surface area contributed by atoms with Gasteiger partial charge in [0.15, 0.2) is 0 Å². The van der Waals surface area contributed by atoms with Crippen LogP contribution in [-0.4, -0.2) is 31.3 Å². The first-order chi connectivity index (χ1) is 8.77. The quantitative estimate of drug-likeness (QED) is 0.800. The van der Waals surface area contributed by atoms with E-state index in [9.17, 15) is 0 Å². The Hall–Kier alpha value is -1.13. The number of nitrogens with two attached hydrogens (primary N) is 1. The maximum absolute atomic E-state index is 5.79. The fourth-order valence-corrected chi connectivity index (χ4v) is 2.41. The molecule has 0 saturated heterocycles. The van der Waals surface area contributed by atoms with Gasteiger partial charge in [0, 0.05) is 32.4 Å². The molecule has 0 aliphatic heterocycles. The van der Waals surface area contributed by atoms with Crippen LogP contribution in [0.25, 0.3) is 0 Å². The molecular weight excluding hydrogens is 226 g/mol. The highest BCUT2D eigenvalue weighted by molar-refractivity contribution is 5.51. The minimum absolute atomic E-state index is 0.483. The molecule has 4 heteroatoms. The van der Waals surface area contributed by atoms with Crippen molar-refractivity contribution < 1.29 is 4.74 Å². The summed E-state index contributed by atoms with van der Waals surface area (Å²) < 4.78 is 5.22. The maximum atomic E-state index is 5.79. The summed E-state index contributed by atoms with van der Waals surface area (Å²) in [5.74, 6) is 0.813. The lowest BCUT2D eigenvalue weighted by Gasteiger charge is -2.32. The molecule has 0 spiro atoms. The van der Waals surface area contributed by atoms with E-state index in [-0.39, 0.29) is 0 Å². The lowest BCUT2D eigenvalue weighted by atomic mass is 10.1. The van der Waals surface area contributed by atoms with Gasteiger partial charge in [-0.15, -0.1) is 0 Å². The molecule has 1 aromatic rings. The molecule has 18 heavy (non-hydrogen) atoms. The standard InChI is InChI=1S/C14H23N3O/c1-11(12-5-6-12)17(8-9-18-2)14-4-3-7-16-13(14)10-15/h3-4,7,11-12H,5-6,8-10,15H2,1-2H3. The summed E-state index contributed by atoms with van der Waals surface area (Å²) in [5.41, 5.74) is 7.93. The number of nitrogens with zero attached hydrogens (tertiary/aromatic N) is 2. The highest BCUT2D eigenvalue weighted by Gasteiger charge is 2.32. The van der Waals surface area contributed by atoms with E-state index in [4.69, 9.17) is 10.5 Å². The van der Waals surface area contributed by atoms with Crippen molar-refractivity contribution in [1.29, 1.82) is 0 Å². The van der Waals surface area contributed by atoms with Crippen molar-refractivity contribution in [3.63, 3.8) is 0 Å². The van der Waals surface area contributed by atoms with Crippen LogP contribution in [0.2, 0.25) is 0 Å². The first-order valence-corrected chi connectivity index (χ1v) is 6.67. The molecule has 1 fully saturated rings. The van der Waals surface area contributed by atoms with Crippen LogP contribution in [0.1, 0.15) is 25.5 Å². The minimum atomic E-state index is 0.483. The van der Waals surface area contributed by atoms with Gasteiger partial charge in [-0.25, -0.2) is 0 Å². The van der Waals surface area contributed by atoms with Crippen LogP contribution in [0.15, 0.2) is 18.3 Å². The lowest BCUT2D eigenvalue weighted by Crippen LogP contribution is -2.38. The van der Waals surface area contributed by atoms with Crippen molar-refractivity contribution in [2.24, 2.45) is 11.7 Å². The van der Waals surface area contributed by atoms with Crippen LogP contribution in [-0.2, 0) is 11.3 Å². The Bertz CT molecular complexity index is 379. The third-order valence-electron chi connectivity index (χ3n) is 3.70. The van der Waals surface area contributed by atoms with E-state index in [2.05, 4.69) is 22.9 Å². The SMILES string of the molecule is COCCN(c1cccnc1CN)C(C)C1CC1. The van der Waals surface area contributed by atoms with Crippen molar-refractivity contribution in [3.8, 4) is 0 Å². The zero-order chi connectivity index (χ0) is 13.0. The molecule has 2 rings (SSSR count). The molecule has 1 aromatic heterocycles. The predicted octanol–water partition coefficient (Wildman–Crippen LogP) is 1.79. The highest BCUT2D eigenvalue weighted by atomic mass is 16.5. The largest absolute Gasteiger partial charge is 0.383 e. The summed E-state index contributed by atoms with van der Waals surface area (Å²) in [6.07, 6.45) is 4.48. The molecule has 1 heterocycles. The van der Waals surface area contributed by atoms with Gasteiger partial charge in [0.25, 0.3) is 0 Å². The number of anilines is 1. The Labute approximate surface area is 109 Å². The third-order valence-corrected chi connectivity index (χ3v) is 3.70. The van der Waals surface area contributed by atoms with Gasteiger partial charge in [0.1, 0.15) is 0 Å². The van der Waals surface area contributed by atoms with E-state index in [0.29, 0.717) is 12.6 Å². The fraction of sp³-hybridized carbons (Fsp3) is 0.643. The molecule has 1 saturated carbocycles. The Morgan fingerprint density at radius 1 is 1.56 bits per heavy atom. The average molecular weight is 249 g/mol. The Morgan fingerprint density at radius 3 is 2.94 bits per heavy atom. The van der Waals surface area contributed by atoms with Gasteiger partial charge in [-0.3, -0.25) is 4.98 Å². The number of aromatic nitrogens is 1. The van der Waals surface area contributed by atoms with Gasteiger partial charge in [0.2, 0.25) is 0 Å². The van der Waals surface area contributed by atoms with E-state index in [0.717, 1.165) is 30.5 Å². The van der Waals surface area contributed by atoms with E-state index < -0.39 is 0 Å². The minimum Gasteiger partial charge on any atom is -0.383 e. The number of hydrogen-bond donors (Lipinski definition) is 1. The molecular formula is C14H23N3O. The number of rotatable bonds is 7. The molecule has 1 aliphatic rings. The van der Waals surface area contributed by atoms with Crippen LogP contribution in [0.4, 0.5) is 5.69 Å². The molecule has 100 valence electrons. The van der Waals surface area contributed by atoms with Crippen LogP contribution in [0.3, 0.4) is 0 Å². The molecule has 1 atom stereocenters. The van der Waals surface area contributed by atoms with Crippen LogP contribution < -0.4 is 10.6 Å². The van der Waals surface area contributed by atoms with Crippen LogP contribution >= 0.6 is 0 Å². The molecule has 0 aromatic carbocycles. The first-order valence-electron chi connectivity index (χ1n) is 6.67. The smallest absolute Gasteiger partial charge is 0.0772 e. The summed E-state index contributed by atoms with van der Waals surface area (Å²) in [4.78, 5) is 6.78. The van der Waals surface area contributed by atoms with Gasteiger partial charge < -0.3 is 15.4 Å². The van der Waals surface area contributed by atoms with E-state index in [1.807, 2.05) is 12.3 Å². The summed E-state index contributed by atoms with van der Waals surface area (Å²) in [6, 6.07) is 4.63. The topological polar surface area (TPSA) is 51.4 Å².